The van der Waals surface area contributed by atoms with E-state index >= 15 is 0 Å². The molecule has 19 heavy (non-hydrogen) atoms. The SMILES string of the molecule is CC(C)(c1ccccc1)c1ccccc1S(N)(=O)=O. The summed E-state index contributed by atoms with van der Waals surface area (Å²) in [6.45, 7) is 3.98. The van der Waals surface area contributed by atoms with Crippen molar-refractivity contribution >= 4 is 10.0 Å². The zero-order valence-corrected chi connectivity index (χ0v) is 11.8. The van der Waals surface area contributed by atoms with Gasteiger partial charge in [-0.2, -0.15) is 0 Å². The summed E-state index contributed by atoms with van der Waals surface area (Å²) >= 11 is 0. The molecule has 3 nitrogen and oxygen atoms in total. The van der Waals surface area contributed by atoms with Gasteiger partial charge in [-0.1, -0.05) is 62.4 Å². The second-order valence-corrected chi connectivity index (χ2v) is 6.56. The van der Waals surface area contributed by atoms with Crippen molar-refractivity contribution in [2.75, 3.05) is 0 Å². The molecular formula is C15H17NO2S. The van der Waals surface area contributed by atoms with Crippen LogP contribution in [0.25, 0.3) is 0 Å². The zero-order valence-electron chi connectivity index (χ0n) is 11.0. The van der Waals surface area contributed by atoms with E-state index in [0.717, 1.165) is 5.56 Å². The number of hydrogen-bond acceptors (Lipinski definition) is 2. The predicted octanol–water partition coefficient (Wildman–Crippen LogP) is 2.66. The monoisotopic (exact) mass is 275 g/mol. The van der Waals surface area contributed by atoms with Gasteiger partial charge in [0.05, 0.1) is 4.90 Å². The Hall–Kier alpha value is -1.65. The third-order valence-electron chi connectivity index (χ3n) is 3.36. The lowest BCUT2D eigenvalue weighted by atomic mass is 9.78. The van der Waals surface area contributed by atoms with Crippen molar-refractivity contribution in [2.24, 2.45) is 5.14 Å². The standard InChI is InChI=1S/C15H17NO2S/c1-15(2,12-8-4-3-5-9-12)13-10-6-7-11-14(13)19(16,17)18/h3-11H,1-2H3,(H2,16,17,18). The van der Waals surface area contributed by atoms with Gasteiger partial charge < -0.3 is 0 Å². The molecule has 2 aromatic carbocycles. The number of hydrogen-bond donors (Lipinski definition) is 1. The Morgan fingerprint density at radius 2 is 1.42 bits per heavy atom. The molecule has 0 amide bonds. The van der Waals surface area contributed by atoms with Crippen LogP contribution in [0, 0.1) is 0 Å². The Kier molecular flexibility index (Phi) is 3.47. The van der Waals surface area contributed by atoms with Crippen LogP contribution < -0.4 is 5.14 Å². The Labute approximate surface area is 114 Å². The highest BCUT2D eigenvalue weighted by atomic mass is 32.2. The molecule has 0 spiro atoms. The normalized spacial score (nSPS) is 12.4. The first kappa shape index (κ1) is 13.8. The van der Waals surface area contributed by atoms with Gasteiger partial charge in [-0.3, -0.25) is 0 Å². The molecular weight excluding hydrogens is 258 g/mol. The predicted molar refractivity (Wildman–Crippen MR) is 76.4 cm³/mol. The van der Waals surface area contributed by atoms with Crippen LogP contribution in [0.4, 0.5) is 0 Å². The van der Waals surface area contributed by atoms with Crippen LogP contribution >= 0.6 is 0 Å². The molecule has 0 aliphatic heterocycles. The first-order chi connectivity index (χ1) is 8.83. The molecule has 2 N–H and O–H groups in total. The van der Waals surface area contributed by atoms with E-state index < -0.39 is 15.4 Å². The number of sulfonamides is 1. The summed E-state index contributed by atoms with van der Waals surface area (Å²) in [5.74, 6) is 0. The molecule has 0 aliphatic rings. The van der Waals surface area contributed by atoms with Crippen molar-refractivity contribution in [3.8, 4) is 0 Å². The molecule has 100 valence electrons. The first-order valence-corrected chi connectivity index (χ1v) is 7.56. The number of rotatable bonds is 3. The number of benzene rings is 2. The third-order valence-corrected chi connectivity index (χ3v) is 4.33. The van der Waals surface area contributed by atoms with Crippen LogP contribution in [-0.2, 0) is 15.4 Å². The molecule has 2 rings (SSSR count). The van der Waals surface area contributed by atoms with Crippen molar-refractivity contribution in [3.05, 3.63) is 65.7 Å². The first-order valence-electron chi connectivity index (χ1n) is 6.01. The van der Waals surface area contributed by atoms with Gasteiger partial charge in [0.2, 0.25) is 10.0 Å². The van der Waals surface area contributed by atoms with Gasteiger partial charge in [0, 0.05) is 5.41 Å². The van der Waals surface area contributed by atoms with Crippen molar-refractivity contribution < 1.29 is 8.42 Å². The summed E-state index contributed by atoms with van der Waals surface area (Å²) in [6.07, 6.45) is 0. The Bertz CT molecular complexity index is 676. The van der Waals surface area contributed by atoms with Crippen LogP contribution in [0.1, 0.15) is 25.0 Å². The highest BCUT2D eigenvalue weighted by Gasteiger charge is 2.28. The van der Waals surface area contributed by atoms with Crippen molar-refractivity contribution in [1.82, 2.24) is 0 Å². The third kappa shape index (κ3) is 2.69. The van der Waals surface area contributed by atoms with Gasteiger partial charge in [0.1, 0.15) is 0 Å². The maximum Gasteiger partial charge on any atom is 0.238 e. The molecule has 0 heterocycles. The molecule has 0 radical (unpaired) electrons. The summed E-state index contributed by atoms with van der Waals surface area (Å²) in [6, 6.07) is 16.7. The molecule has 0 unspecified atom stereocenters. The van der Waals surface area contributed by atoms with Crippen molar-refractivity contribution in [2.45, 2.75) is 24.2 Å². The molecule has 0 aromatic heterocycles. The van der Waals surface area contributed by atoms with Crippen LogP contribution in [0.15, 0.2) is 59.5 Å². The van der Waals surface area contributed by atoms with Crippen LogP contribution in [0.2, 0.25) is 0 Å². The van der Waals surface area contributed by atoms with E-state index in [9.17, 15) is 8.42 Å². The van der Waals surface area contributed by atoms with E-state index in [4.69, 9.17) is 5.14 Å². The summed E-state index contributed by atoms with van der Waals surface area (Å²) in [5, 5.41) is 5.30. The lowest BCUT2D eigenvalue weighted by Gasteiger charge is -2.27. The molecule has 0 saturated heterocycles. The average Bonchev–Trinajstić information content (AvgIpc) is 2.39. The van der Waals surface area contributed by atoms with E-state index in [1.165, 1.54) is 0 Å². The molecule has 0 fully saturated rings. The molecule has 0 saturated carbocycles. The van der Waals surface area contributed by atoms with Gasteiger partial charge in [-0.25, -0.2) is 13.6 Å². The lowest BCUT2D eigenvalue weighted by Crippen LogP contribution is -2.24. The van der Waals surface area contributed by atoms with E-state index in [2.05, 4.69) is 0 Å². The van der Waals surface area contributed by atoms with Crippen LogP contribution in [0.5, 0.6) is 0 Å². The number of nitrogens with two attached hydrogens (primary N) is 1. The fourth-order valence-corrected chi connectivity index (χ4v) is 3.14. The quantitative estimate of drug-likeness (QED) is 0.936. The van der Waals surface area contributed by atoms with E-state index in [1.807, 2.05) is 56.3 Å². The molecule has 4 heteroatoms. The summed E-state index contributed by atoms with van der Waals surface area (Å²) in [4.78, 5) is 0.184. The topological polar surface area (TPSA) is 60.2 Å². The maximum atomic E-state index is 11.7. The van der Waals surface area contributed by atoms with Gasteiger partial charge in [0.15, 0.2) is 0 Å². The lowest BCUT2D eigenvalue weighted by molar-refractivity contribution is 0.584. The minimum Gasteiger partial charge on any atom is -0.225 e. The molecule has 2 aromatic rings. The smallest absolute Gasteiger partial charge is 0.225 e. The zero-order chi connectivity index (χ0) is 14.1. The van der Waals surface area contributed by atoms with Gasteiger partial charge in [-0.15, -0.1) is 0 Å². The fourth-order valence-electron chi connectivity index (χ4n) is 2.24. The summed E-state index contributed by atoms with van der Waals surface area (Å²) in [7, 11) is -3.72. The fraction of sp³-hybridized carbons (Fsp3) is 0.200. The van der Waals surface area contributed by atoms with Gasteiger partial charge in [-0.05, 0) is 17.2 Å². The van der Waals surface area contributed by atoms with Crippen molar-refractivity contribution in [3.63, 3.8) is 0 Å². The van der Waals surface area contributed by atoms with Crippen LogP contribution in [0.3, 0.4) is 0 Å². The molecule has 0 bridgehead atoms. The van der Waals surface area contributed by atoms with E-state index in [-0.39, 0.29) is 4.90 Å². The van der Waals surface area contributed by atoms with E-state index in [1.54, 1.807) is 12.1 Å². The highest BCUT2D eigenvalue weighted by molar-refractivity contribution is 7.89. The summed E-state index contributed by atoms with van der Waals surface area (Å²) < 4.78 is 23.4. The Morgan fingerprint density at radius 1 is 0.895 bits per heavy atom. The second kappa shape index (κ2) is 4.79. The highest BCUT2D eigenvalue weighted by Crippen LogP contribution is 2.34. The molecule has 0 atom stereocenters. The summed E-state index contributed by atoms with van der Waals surface area (Å²) in [5.41, 5.74) is 1.33. The van der Waals surface area contributed by atoms with Crippen LogP contribution in [-0.4, -0.2) is 8.42 Å². The average molecular weight is 275 g/mol. The Balaban J connectivity index is 2.66. The van der Waals surface area contributed by atoms with Gasteiger partial charge >= 0.3 is 0 Å². The Morgan fingerprint density at radius 3 is 2.00 bits per heavy atom. The maximum absolute atomic E-state index is 11.7. The van der Waals surface area contributed by atoms with Gasteiger partial charge in [0.25, 0.3) is 0 Å². The second-order valence-electron chi connectivity index (χ2n) is 5.03. The van der Waals surface area contributed by atoms with Crippen molar-refractivity contribution in [1.29, 1.82) is 0 Å². The number of primary sulfonamides is 1. The minimum absolute atomic E-state index is 0.184. The minimum atomic E-state index is -3.72. The largest absolute Gasteiger partial charge is 0.238 e. The molecule has 0 aliphatic carbocycles. The van der Waals surface area contributed by atoms with E-state index in [0.29, 0.717) is 5.56 Å².